The Morgan fingerprint density at radius 1 is 0.769 bits per heavy atom. The molecule has 1 rings (SSSR count). The second kappa shape index (κ2) is 9.81. The summed E-state index contributed by atoms with van der Waals surface area (Å²) in [5, 5.41) is 1.34. The Balaban J connectivity index is 3.83. The molecule has 0 saturated heterocycles. The lowest BCUT2D eigenvalue weighted by molar-refractivity contribution is 0.813. The lowest BCUT2D eigenvalue weighted by Crippen LogP contribution is -2.17. The van der Waals surface area contributed by atoms with Gasteiger partial charge in [0.2, 0.25) is 0 Å². The van der Waals surface area contributed by atoms with Crippen LogP contribution in [0, 0.1) is 23.2 Å². The quantitative estimate of drug-likeness (QED) is 0.390. The Bertz CT molecular complexity index is 737. The molecule has 26 heavy (non-hydrogen) atoms. The van der Waals surface area contributed by atoms with E-state index in [2.05, 4.69) is 90.0 Å². The topological polar surface area (TPSA) is 0 Å². The minimum Gasteiger partial charge on any atom is -0.0877 e. The second-order valence-electron chi connectivity index (χ2n) is 7.88. The largest absolute Gasteiger partial charge is 0.0877 e. The molecule has 0 bridgehead atoms. The summed E-state index contributed by atoms with van der Waals surface area (Å²) < 4.78 is 0. The summed E-state index contributed by atoms with van der Waals surface area (Å²) in [5.41, 5.74) is 12.8. The van der Waals surface area contributed by atoms with Crippen LogP contribution in [0.1, 0.15) is 89.8 Å². The zero-order valence-electron chi connectivity index (χ0n) is 17.7. The molecule has 0 heterocycles. The molecule has 0 radical (unpaired) electrons. The molecule has 1 aromatic carbocycles. The highest BCUT2D eigenvalue weighted by molar-refractivity contribution is 7.75. The number of rotatable bonds is 4. The monoisotopic (exact) mass is 364 g/mol. The number of hydrogen-bond donors (Lipinski definition) is 0. The fourth-order valence-corrected chi connectivity index (χ4v) is 4.67. The van der Waals surface area contributed by atoms with E-state index in [1.807, 2.05) is 13.8 Å². The number of benzene rings is 1. The van der Waals surface area contributed by atoms with Gasteiger partial charge in [-0.1, -0.05) is 90.0 Å². The van der Waals surface area contributed by atoms with Crippen molar-refractivity contribution in [2.75, 3.05) is 0 Å². The van der Waals surface area contributed by atoms with Gasteiger partial charge in [0, 0.05) is 5.30 Å². The van der Waals surface area contributed by atoms with Crippen LogP contribution in [0.25, 0.3) is 0 Å². The van der Waals surface area contributed by atoms with Crippen molar-refractivity contribution < 1.29 is 0 Å². The Kier molecular flexibility index (Phi) is 8.41. The van der Waals surface area contributed by atoms with E-state index in [4.69, 9.17) is 0 Å². The smallest absolute Gasteiger partial charge is 0.0823 e. The standard InChI is InChI=1S/C25H33P/c1-17(2)11-13-26(14-12-18(3)4)25-23(20(7)8)15-22(19(5)6)16-24(25)21(9)10/h15-16,19-21H,1,3H2,2,4-10H3. The van der Waals surface area contributed by atoms with E-state index in [0.717, 1.165) is 11.1 Å². The zero-order valence-corrected chi connectivity index (χ0v) is 18.6. The van der Waals surface area contributed by atoms with Crippen LogP contribution in [0.3, 0.4) is 0 Å². The molecule has 0 N–H and O–H groups in total. The van der Waals surface area contributed by atoms with Gasteiger partial charge in [0.25, 0.3) is 0 Å². The lowest BCUT2D eigenvalue weighted by atomic mass is 9.89. The van der Waals surface area contributed by atoms with E-state index in [-0.39, 0.29) is 0 Å². The summed E-state index contributed by atoms with van der Waals surface area (Å²) in [6.07, 6.45) is 0. The molecule has 0 spiro atoms. The minimum atomic E-state index is -0.903. The van der Waals surface area contributed by atoms with Crippen LogP contribution in [-0.4, -0.2) is 0 Å². The average Bonchev–Trinajstić information content (AvgIpc) is 2.53. The molecule has 0 amide bonds. The molecule has 0 nitrogen and oxygen atoms in total. The Labute approximate surface area is 162 Å². The van der Waals surface area contributed by atoms with Gasteiger partial charge in [-0.15, -0.1) is 0 Å². The summed E-state index contributed by atoms with van der Waals surface area (Å²) in [7, 11) is -0.903. The summed E-state index contributed by atoms with van der Waals surface area (Å²) in [6.45, 7) is 25.3. The molecule has 0 aliphatic heterocycles. The molecule has 0 aliphatic carbocycles. The maximum Gasteiger partial charge on any atom is 0.0823 e. The summed E-state index contributed by atoms with van der Waals surface area (Å²) >= 11 is 0. The van der Waals surface area contributed by atoms with E-state index in [1.54, 1.807) is 0 Å². The van der Waals surface area contributed by atoms with Crippen molar-refractivity contribution in [2.45, 2.75) is 73.1 Å². The van der Waals surface area contributed by atoms with Crippen molar-refractivity contribution in [1.82, 2.24) is 0 Å². The van der Waals surface area contributed by atoms with Gasteiger partial charge in [-0.2, -0.15) is 0 Å². The third-order valence-electron chi connectivity index (χ3n) is 4.09. The highest BCUT2D eigenvalue weighted by Crippen LogP contribution is 2.40. The summed E-state index contributed by atoms with van der Waals surface area (Å²) in [5.74, 6) is 7.76. The predicted molar refractivity (Wildman–Crippen MR) is 120 cm³/mol. The van der Waals surface area contributed by atoms with Crippen LogP contribution in [0.4, 0.5) is 0 Å². The third kappa shape index (κ3) is 6.20. The fraction of sp³-hybridized carbons (Fsp3) is 0.440. The van der Waals surface area contributed by atoms with E-state index in [1.165, 1.54) is 22.0 Å². The van der Waals surface area contributed by atoms with Crippen molar-refractivity contribution in [3.05, 3.63) is 53.1 Å². The van der Waals surface area contributed by atoms with Gasteiger partial charge in [-0.3, -0.25) is 0 Å². The van der Waals surface area contributed by atoms with Gasteiger partial charge in [-0.05, 0) is 59.4 Å². The van der Waals surface area contributed by atoms with E-state index >= 15 is 0 Å². The van der Waals surface area contributed by atoms with Crippen LogP contribution in [0.15, 0.2) is 36.4 Å². The highest BCUT2D eigenvalue weighted by Gasteiger charge is 2.22. The van der Waals surface area contributed by atoms with Crippen molar-refractivity contribution in [2.24, 2.45) is 0 Å². The maximum absolute atomic E-state index is 3.94. The SMILES string of the molecule is C=C(C)C#CP(C#CC(=C)C)c1c(C(C)C)cc(C(C)C)cc1C(C)C. The zero-order chi connectivity index (χ0) is 20.0. The molecule has 138 valence electrons. The molecule has 0 aliphatic rings. The Hall–Kier alpha value is -1.75. The van der Waals surface area contributed by atoms with Gasteiger partial charge < -0.3 is 0 Å². The van der Waals surface area contributed by atoms with Crippen molar-refractivity contribution >= 4 is 13.2 Å². The van der Waals surface area contributed by atoms with Crippen molar-refractivity contribution in [3.63, 3.8) is 0 Å². The molecule has 0 unspecified atom stereocenters. The first kappa shape index (κ1) is 22.3. The lowest BCUT2D eigenvalue weighted by Gasteiger charge is -2.24. The highest BCUT2D eigenvalue weighted by atomic mass is 31.1. The van der Waals surface area contributed by atoms with Gasteiger partial charge in [0.15, 0.2) is 0 Å². The molecular weight excluding hydrogens is 331 g/mol. The molecule has 0 aromatic heterocycles. The first-order valence-corrected chi connectivity index (χ1v) is 10.7. The number of hydrogen-bond acceptors (Lipinski definition) is 0. The van der Waals surface area contributed by atoms with Crippen LogP contribution in [0.5, 0.6) is 0 Å². The molecule has 1 heteroatoms. The first-order valence-electron chi connectivity index (χ1n) is 9.36. The molecule has 1 aromatic rings. The van der Waals surface area contributed by atoms with Gasteiger partial charge in [0.05, 0.1) is 7.92 Å². The molecule has 0 saturated carbocycles. The predicted octanol–water partition coefficient (Wildman–Crippen LogP) is 7.24. The van der Waals surface area contributed by atoms with E-state index in [0.29, 0.717) is 17.8 Å². The van der Waals surface area contributed by atoms with Gasteiger partial charge >= 0.3 is 0 Å². The normalized spacial score (nSPS) is 10.6. The summed E-state index contributed by atoms with van der Waals surface area (Å²) in [4.78, 5) is 0. The van der Waals surface area contributed by atoms with Crippen LogP contribution < -0.4 is 5.30 Å². The Morgan fingerprint density at radius 2 is 1.15 bits per heavy atom. The second-order valence-corrected chi connectivity index (χ2v) is 9.45. The van der Waals surface area contributed by atoms with E-state index < -0.39 is 7.92 Å². The summed E-state index contributed by atoms with van der Waals surface area (Å²) in [6, 6.07) is 4.74. The third-order valence-corrected chi connectivity index (χ3v) is 5.72. The average molecular weight is 365 g/mol. The van der Waals surface area contributed by atoms with Crippen molar-refractivity contribution in [3.8, 4) is 23.2 Å². The van der Waals surface area contributed by atoms with Crippen LogP contribution in [-0.2, 0) is 0 Å². The Morgan fingerprint density at radius 3 is 1.42 bits per heavy atom. The van der Waals surface area contributed by atoms with Crippen molar-refractivity contribution in [1.29, 1.82) is 0 Å². The fourth-order valence-electron chi connectivity index (χ4n) is 2.62. The minimum absolute atomic E-state index is 0.435. The number of allylic oxidation sites excluding steroid dienone is 2. The molecular formula is C25H33P. The van der Waals surface area contributed by atoms with Gasteiger partial charge in [-0.25, -0.2) is 0 Å². The van der Waals surface area contributed by atoms with Crippen LogP contribution >= 0.6 is 7.92 Å². The first-order chi connectivity index (χ1) is 12.0. The van der Waals surface area contributed by atoms with Crippen LogP contribution in [0.2, 0.25) is 0 Å². The van der Waals surface area contributed by atoms with Gasteiger partial charge in [0.1, 0.15) is 0 Å². The van der Waals surface area contributed by atoms with E-state index in [9.17, 15) is 0 Å². The molecule has 0 fully saturated rings. The maximum atomic E-state index is 3.94. The molecule has 0 atom stereocenters.